The largest absolute Gasteiger partial charge is 0.409 e. The van der Waals surface area contributed by atoms with Crippen molar-refractivity contribution in [3.05, 3.63) is 17.8 Å². The summed E-state index contributed by atoms with van der Waals surface area (Å²) in [5, 5.41) is 19.9. The van der Waals surface area contributed by atoms with Crippen LogP contribution in [-0.2, 0) is 0 Å². The van der Waals surface area contributed by atoms with Crippen molar-refractivity contribution in [2.24, 2.45) is 16.8 Å². The van der Waals surface area contributed by atoms with Gasteiger partial charge in [0.05, 0.1) is 11.8 Å². The Balaban J connectivity index is 3.19. The van der Waals surface area contributed by atoms with Crippen LogP contribution in [0.1, 0.15) is 33.3 Å². The molecular formula is C12H21N5O. The molecule has 0 unspecified atom stereocenters. The van der Waals surface area contributed by atoms with Crippen LogP contribution in [0.25, 0.3) is 0 Å². The van der Waals surface area contributed by atoms with Gasteiger partial charge in [0.15, 0.2) is 11.7 Å². The SMILES string of the molecule is CC(C)CN(c1nnccc1/C(N)=N/O)C(C)C. The Morgan fingerprint density at radius 3 is 2.61 bits per heavy atom. The second kappa shape index (κ2) is 6.18. The van der Waals surface area contributed by atoms with Crippen molar-refractivity contribution in [1.29, 1.82) is 0 Å². The average Bonchev–Trinajstić information content (AvgIpc) is 2.34. The molecule has 0 radical (unpaired) electrons. The quantitative estimate of drug-likeness (QED) is 0.358. The highest BCUT2D eigenvalue weighted by Gasteiger charge is 2.19. The number of hydrogen-bond donors (Lipinski definition) is 2. The van der Waals surface area contributed by atoms with Gasteiger partial charge in [-0.25, -0.2) is 0 Å². The molecule has 0 bridgehead atoms. The molecule has 0 aliphatic heterocycles. The first-order chi connectivity index (χ1) is 8.47. The van der Waals surface area contributed by atoms with Crippen LogP contribution in [0.4, 0.5) is 5.82 Å². The highest BCUT2D eigenvalue weighted by Crippen LogP contribution is 2.20. The van der Waals surface area contributed by atoms with Gasteiger partial charge in [0.25, 0.3) is 0 Å². The summed E-state index contributed by atoms with van der Waals surface area (Å²) in [6, 6.07) is 1.96. The molecule has 1 heterocycles. The van der Waals surface area contributed by atoms with Gasteiger partial charge in [0.2, 0.25) is 0 Å². The molecule has 100 valence electrons. The van der Waals surface area contributed by atoms with E-state index >= 15 is 0 Å². The van der Waals surface area contributed by atoms with E-state index in [2.05, 4.69) is 47.9 Å². The van der Waals surface area contributed by atoms with Crippen molar-refractivity contribution in [1.82, 2.24) is 10.2 Å². The van der Waals surface area contributed by atoms with Crippen LogP contribution in [0.3, 0.4) is 0 Å². The van der Waals surface area contributed by atoms with Gasteiger partial charge in [-0.2, -0.15) is 5.10 Å². The van der Waals surface area contributed by atoms with Crippen molar-refractivity contribution in [2.45, 2.75) is 33.7 Å². The number of aromatic nitrogens is 2. The first-order valence-corrected chi connectivity index (χ1v) is 6.03. The van der Waals surface area contributed by atoms with E-state index in [-0.39, 0.29) is 11.9 Å². The third-order valence-corrected chi connectivity index (χ3v) is 2.54. The van der Waals surface area contributed by atoms with Gasteiger partial charge in [-0.05, 0) is 25.8 Å². The first kappa shape index (κ1) is 14.2. The molecule has 1 aromatic heterocycles. The minimum atomic E-state index is 0.0503. The van der Waals surface area contributed by atoms with Gasteiger partial charge in [0.1, 0.15) is 0 Å². The van der Waals surface area contributed by atoms with Gasteiger partial charge >= 0.3 is 0 Å². The molecule has 0 spiro atoms. The van der Waals surface area contributed by atoms with E-state index in [1.165, 1.54) is 6.20 Å². The molecule has 0 atom stereocenters. The lowest BCUT2D eigenvalue weighted by atomic mass is 10.1. The molecular weight excluding hydrogens is 230 g/mol. The first-order valence-electron chi connectivity index (χ1n) is 6.03. The fourth-order valence-electron chi connectivity index (χ4n) is 1.73. The summed E-state index contributed by atoms with van der Waals surface area (Å²) in [4.78, 5) is 2.10. The monoisotopic (exact) mass is 251 g/mol. The van der Waals surface area contributed by atoms with Crippen LogP contribution in [0.5, 0.6) is 0 Å². The topological polar surface area (TPSA) is 87.6 Å². The Morgan fingerprint density at radius 1 is 1.44 bits per heavy atom. The molecule has 3 N–H and O–H groups in total. The van der Waals surface area contributed by atoms with Gasteiger partial charge < -0.3 is 15.8 Å². The molecule has 0 fully saturated rings. The highest BCUT2D eigenvalue weighted by atomic mass is 16.4. The number of oxime groups is 1. The summed E-state index contributed by atoms with van der Waals surface area (Å²) in [6.07, 6.45) is 1.53. The van der Waals surface area contributed by atoms with E-state index < -0.39 is 0 Å². The van der Waals surface area contributed by atoms with Crippen molar-refractivity contribution in [2.75, 3.05) is 11.4 Å². The van der Waals surface area contributed by atoms with Crippen LogP contribution in [0.2, 0.25) is 0 Å². The molecule has 1 rings (SSSR count). The lowest BCUT2D eigenvalue weighted by Gasteiger charge is -2.30. The van der Waals surface area contributed by atoms with Crippen molar-refractivity contribution >= 4 is 11.7 Å². The number of anilines is 1. The molecule has 0 aliphatic carbocycles. The molecule has 1 aromatic rings. The number of amidine groups is 1. The lowest BCUT2D eigenvalue weighted by molar-refractivity contribution is 0.318. The zero-order valence-corrected chi connectivity index (χ0v) is 11.3. The second-order valence-corrected chi connectivity index (χ2v) is 4.89. The smallest absolute Gasteiger partial charge is 0.173 e. The fourth-order valence-corrected chi connectivity index (χ4v) is 1.73. The predicted molar refractivity (Wildman–Crippen MR) is 71.9 cm³/mol. The molecule has 6 heteroatoms. The molecule has 0 amide bonds. The van der Waals surface area contributed by atoms with Crippen molar-refractivity contribution in [3.8, 4) is 0 Å². The van der Waals surface area contributed by atoms with Gasteiger partial charge in [-0.1, -0.05) is 19.0 Å². The maximum absolute atomic E-state index is 8.81. The Morgan fingerprint density at radius 2 is 2.11 bits per heavy atom. The van der Waals surface area contributed by atoms with Crippen LogP contribution in [-0.4, -0.2) is 33.8 Å². The normalized spacial score (nSPS) is 12.2. The Hall–Kier alpha value is -1.85. The summed E-state index contributed by atoms with van der Waals surface area (Å²) in [7, 11) is 0. The second-order valence-electron chi connectivity index (χ2n) is 4.89. The van der Waals surface area contributed by atoms with E-state index in [1.54, 1.807) is 6.07 Å². The zero-order valence-electron chi connectivity index (χ0n) is 11.3. The minimum Gasteiger partial charge on any atom is -0.409 e. The van der Waals surface area contributed by atoms with E-state index in [1.807, 2.05) is 0 Å². The van der Waals surface area contributed by atoms with Gasteiger partial charge in [-0.15, -0.1) is 5.10 Å². The highest BCUT2D eigenvalue weighted by molar-refractivity contribution is 6.01. The van der Waals surface area contributed by atoms with E-state index in [9.17, 15) is 0 Å². The van der Waals surface area contributed by atoms with Crippen LogP contribution in [0, 0.1) is 5.92 Å². The third-order valence-electron chi connectivity index (χ3n) is 2.54. The molecule has 18 heavy (non-hydrogen) atoms. The maximum atomic E-state index is 8.81. The van der Waals surface area contributed by atoms with E-state index in [4.69, 9.17) is 10.9 Å². The summed E-state index contributed by atoms with van der Waals surface area (Å²) in [6.45, 7) is 9.26. The minimum absolute atomic E-state index is 0.0503. The summed E-state index contributed by atoms with van der Waals surface area (Å²) < 4.78 is 0. The number of nitrogens with zero attached hydrogens (tertiary/aromatic N) is 4. The fraction of sp³-hybridized carbons (Fsp3) is 0.583. The third kappa shape index (κ3) is 3.32. The number of nitrogens with two attached hydrogens (primary N) is 1. The van der Waals surface area contributed by atoms with Crippen LogP contribution >= 0.6 is 0 Å². The van der Waals surface area contributed by atoms with Crippen molar-refractivity contribution < 1.29 is 5.21 Å². The number of rotatable bonds is 5. The van der Waals surface area contributed by atoms with Gasteiger partial charge in [0, 0.05) is 12.6 Å². The standard InChI is InChI=1S/C12H21N5O/c1-8(2)7-17(9(3)4)12-10(11(13)16-18)5-6-14-15-12/h5-6,8-9,18H,7H2,1-4H3,(H2,13,16). The zero-order chi connectivity index (χ0) is 13.7. The molecule has 0 aliphatic rings. The summed E-state index contributed by atoms with van der Waals surface area (Å²) in [5.41, 5.74) is 6.27. The van der Waals surface area contributed by atoms with Crippen LogP contribution in [0.15, 0.2) is 17.4 Å². The maximum Gasteiger partial charge on any atom is 0.173 e. The summed E-state index contributed by atoms with van der Waals surface area (Å²) in [5.74, 6) is 1.18. The molecule has 0 saturated carbocycles. The van der Waals surface area contributed by atoms with E-state index in [0.717, 1.165) is 6.54 Å². The molecule has 0 aromatic carbocycles. The predicted octanol–water partition coefficient (Wildman–Crippen LogP) is 1.44. The molecule has 6 nitrogen and oxygen atoms in total. The average molecular weight is 251 g/mol. The van der Waals surface area contributed by atoms with Crippen molar-refractivity contribution in [3.63, 3.8) is 0 Å². The Bertz CT molecular complexity index is 417. The summed E-state index contributed by atoms with van der Waals surface area (Å²) >= 11 is 0. The lowest BCUT2D eigenvalue weighted by Crippen LogP contribution is -2.36. The molecule has 0 saturated heterocycles. The van der Waals surface area contributed by atoms with Gasteiger partial charge in [-0.3, -0.25) is 0 Å². The number of hydrogen-bond acceptors (Lipinski definition) is 5. The Labute approximate surface area is 108 Å². The van der Waals surface area contributed by atoms with E-state index in [0.29, 0.717) is 17.3 Å². The van der Waals surface area contributed by atoms with Crippen LogP contribution < -0.4 is 10.6 Å². The Kier molecular flexibility index (Phi) is 4.88.